The highest BCUT2D eigenvalue weighted by atomic mass is 16.5. The summed E-state index contributed by atoms with van der Waals surface area (Å²) < 4.78 is 4.89. The minimum atomic E-state index is -0.363. The predicted molar refractivity (Wildman–Crippen MR) is 53.9 cm³/mol. The second-order valence-corrected chi connectivity index (χ2v) is 4.29. The van der Waals surface area contributed by atoms with Gasteiger partial charge in [0.1, 0.15) is 5.76 Å². The standard InChI is InChI=1S/C11H18O3/c1-4-14-10(13)8-6-5-7-11(2,3)9(8)12/h12H,4-7H2,1-3H3. The SMILES string of the molecule is CCOC(=O)C1=C(O)C(C)(C)CCC1. The predicted octanol–water partition coefficient (Wildman–Crippen LogP) is 2.57. The van der Waals surface area contributed by atoms with Crippen molar-refractivity contribution in [3.63, 3.8) is 0 Å². The third kappa shape index (κ3) is 2.08. The van der Waals surface area contributed by atoms with Gasteiger partial charge in [0.2, 0.25) is 0 Å². The molecule has 0 aromatic carbocycles. The fraction of sp³-hybridized carbons (Fsp3) is 0.727. The van der Waals surface area contributed by atoms with Gasteiger partial charge < -0.3 is 9.84 Å². The number of carbonyl (C=O) groups is 1. The highest BCUT2D eigenvalue weighted by Crippen LogP contribution is 2.38. The summed E-state index contributed by atoms with van der Waals surface area (Å²) >= 11 is 0. The Morgan fingerprint density at radius 2 is 2.21 bits per heavy atom. The first-order valence-electron chi connectivity index (χ1n) is 5.08. The van der Waals surface area contributed by atoms with Crippen LogP contribution in [0.3, 0.4) is 0 Å². The zero-order chi connectivity index (χ0) is 10.8. The number of ether oxygens (including phenoxy) is 1. The average Bonchev–Trinajstić information content (AvgIpc) is 2.10. The molecule has 1 aliphatic rings. The van der Waals surface area contributed by atoms with Crippen molar-refractivity contribution in [1.82, 2.24) is 0 Å². The molecule has 0 bridgehead atoms. The maximum absolute atomic E-state index is 11.5. The minimum Gasteiger partial charge on any atom is -0.511 e. The lowest BCUT2D eigenvalue weighted by atomic mass is 9.77. The molecule has 80 valence electrons. The van der Waals surface area contributed by atoms with E-state index in [1.807, 2.05) is 13.8 Å². The van der Waals surface area contributed by atoms with Crippen LogP contribution < -0.4 is 0 Å². The summed E-state index contributed by atoms with van der Waals surface area (Å²) in [7, 11) is 0. The fourth-order valence-electron chi connectivity index (χ4n) is 1.77. The van der Waals surface area contributed by atoms with Gasteiger partial charge in [-0.3, -0.25) is 0 Å². The Balaban J connectivity index is 2.90. The lowest BCUT2D eigenvalue weighted by Crippen LogP contribution is -2.24. The Morgan fingerprint density at radius 1 is 1.57 bits per heavy atom. The monoisotopic (exact) mass is 198 g/mol. The summed E-state index contributed by atoms with van der Waals surface area (Å²) in [4.78, 5) is 11.5. The second kappa shape index (κ2) is 4.03. The number of aliphatic hydroxyl groups is 1. The first kappa shape index (κ1) is 11.1. The van der Waals surface area contributed by atoms with E-state index in [0.717, 1.165) is 12.8 Å². The Bertz CT molecular complexity index is 264. The Kier molecular flexibility index (Phi) is 3.19. The van der Waals surface area contributed by atoms with E-state index in [1.165, 1.54) is 0 Å². The topological polar surface area (TPSA) is 46.5 Å². The zero-order valence-corrected chi connectivity index (χ0v) is 9.09. The molecule has 3 nitrogen and oxygen atoms in total. The van der Waals surface area contributed by atoms with Crippen molar-refractivity contribution < 1.29 is 14.6 Å². The van der Waals surface area contributed by atoms with E-state index in [1.54, 1.807) is 6.92 Å². The molecule has 0 saturated heterocycles. The third-order valence-electron chi connectivity index (χ3n) is 2.68. The first-order valence-corrected chi connectivity index (χ1v) is 5.08. The van der Waals surface area contributed by atoms with Crippen LogP contribution >= 0.6 is 0 Å². The summed E-state index contributed by atoms with van der Waals surface area (Å²) in [5.74, 6) is -0.153. The minimum absolute atomic E-state index is 0.210. The van der Waals surface area contributed by atoms with E-state index in [-0.39, 0.29) is 17.1 Å². The maximum Gasteiger partial charge on any atom is 0.337 e. The van der Waals surface area contributed by atoms with Crippen molar-refractivity contribution in [1.29, 1.82) is 0 Å². The van der Waals surface area contributed by atoms with Crippen LogP contribution in [-0.2, 0) is 9.53 Å². The Morgan fingerprint density at radius 3 is 2.79 bits per heavy atom. The Labute approximate surface area is 84.8 Å². The molecular weight excluding hydrogens is 180 g/mol. The van der Waals surface area contributed by atoms with Crippen molar-refractivity contribution in [2.24, 2.45) is 5.41 Å². The van der Waals surface area contributed by atoms with Crippen LogP contribution in [0.5, 0.6) is 0 Å². The molecule has 0 spiro atoms. The van der Waals surface area contributed by atoms with Crippen molar-refractivity contribution in [2.45, 2.75) is 40.0 Å². The molecule has 0 amide bonds. The van der Waals surface area contributed by atoms with Gasteiger partial charge in [-0.25, -0.2) is 4.79 Å². The summed E-state index contributed by atoms with van der Waals surface area (Å²) in [6.45, 7) is 6.01. The number of aliphatic hydroxyl groups excluding tert-OH is 1. The summed E-state index contributed by atoms with van der Waals surface area (Å²) in [6, 6.07) is 0. The average molecular weight is 198 g/mol. The van der Waals surface area contributed by atoms with Crippen molar-refractivity contribution >= 4 is 5.97 Å². The van der Waals surface area contributed by atoms with Gasteiger partial charge in [0.05, 0.1) is 12.2 Å². The van der Waals surface area contributed by atoms with Gasteiger partial charge >= 0.3 is 5.97 Å². The normalized spacial score (nSPS) is 20.8. The largest absolute Gasteiger partial charge is 0.511 e. The third-order valence-corrected chi connectivity index (χ3v) is 2.68. The van der Waals surface area contributed by atoms with Crippen LogP contribution in [0.25, 0.3) is 0 Å². The smallest absolute Gasteiger partial charge is 0.337 e. The van der Waals surface area contributed by atoms with Crippen LogP contribution in [0.1, 0.15) is 40.0 Å². The molecule has 0 aliphatic heterocycles. The molecule has 0 radical (unpaired) electrons. The zero-order valence-electron chi connectivity index (χ0n) is 9.09. The van der Waals surface area contributed by atoms with Crippen LogP contribution in [0.4, 0.5) is 0 Å². The number of hydrogen-bond acceptors (Lipinski definition) is 3. The lowest BCUT2D eigenvalue weighted by molar-refractivity contribution is -0.139. The van der Waals surface area contributed by atoms with Gasteiger partial charge in [0, 0.05) is 5.41 Å². The van der Waals surface area contributed by atoms with E-state index >= 15 is 0 Å². The number of rotatable bonds is 2. The number of esters is 1. The van der Waals surface area contributed by atoms with E-state index in [4.69, 9.17) is 4.74 Å². The molecule has 0 aromatic rings. The van der Waals surface area contributed by atoms with Gasteiger partial charge in [-0.1, -0.05) is 13.8 Å². The van der Waals surface area contributed by atoms with Gasteiger partial charge in [-0.15, -0.1) is 0 Å². The van der Waals surface area contributed by atoms with Crippen LogP contribution in [-0.4, -0.2) is 17.7 Å². The summed E-state index contributed by atoms with van der Waals surface area (Å²) in [5.41, 5.74) is 0.184. The van der Waals surface area contributed by atoms with E-state index in [0.29, 0.717) is 18.6 Å². The van der Waals surface area contributed by atoms with E-state index in [2.05, 4.69) is 0 Å². The molecule has 0 aromatic heterocycles. The van der Waals surface area contributed by atoms with Gasteiger partial charge in [0.15, 0.2) is 0 Å². The van der Waals surface area contributed by atoms with Crippen molar-refractivity contribution in [3.05, 3.63) is 11.3 Å². The van der Waals surface area contributed by atoms with Gasteiger partial charge in [-0.2, -0.15) is 0 Å². The fourth-order valence-corrected chi connectivity index (χ4v) is 1.77. The molecule has 0 unspecified atom stereocenters. The molecule has 0 fully saturated rings. The first-order chi connectivity index (χ1) is 6.49. The molecule has 1 rings (SSSR count). The molecule has 1 N–H and O–H groups in total. The van der Waals surface area contributed by atoms with Gasteiger partial charge in [0.25, 0.3) is 0 Å². The molecule has 0 heterocycles. The molecule has 1 aliphatic carbocycles. The van der Waals surface area contributed by atoms with Crippen LogP contribution in [0.2, 0.25) is 0 Å². The molecule has 0 atom stereocenters. The van der Waals surface area contributed by atoms with Crippen molar-refractivity contribution in [3.8, 4) is 0 Å². The molecule has 3 heteroatoms. The number of allylic oxidation sites excluding steroid dienone is 1. The maximum atomic E-state index is 11.5. The number of hydrogen-bond donors (Lipinski definition) is 1. The number of carbonyl (C=O) groups excluding carboxylic acids is 1. The molecule has 14 heavy (non-hydrogen) atoms. The van der Waals surface area contributed by atoms with E-state index < -0.39 is 0 Å². The molecular formula is C11H18O3. The molecule has 0 saturated carbocycles. The Hall–Kier alpha value is -0.990. The summed E-state index contributed by atoms with van der Waals surface area (Å²) in [5, 5.41) is 9.87. The summed E-state index contributed by atoms with van der Waals surface area (Å²) in [6.07, 6.45) is 2.49. The van der Waals surface area contributed by atoms with Crippen LogP contribution in [0.15, 0.2) is 11.3 Å². The van der Waals surface area contributed by atoms with Crippen molar-refractivity contribution in [2.75, 3.05) is 6.61 Å². The van der Waals surface area contributed by atoms with E-state index in [9.17, 15) is 9.90 Å². The van der Waals surface area contributed by atoms with Crippen LogP contribution in [0, 0.1) is 5.41 Å². The lowest BCUT2D eigenvalue weighted by Gasteiger charge is -2.30. The van der Waals surface area contributed by atoms with Gasteiger partial charge in [-0.05, 0) is 26.2 Å². The highest BCUT2D eigenvalue weighted by Gasteiger charge is 2.33. The highest BCUT2D eigenvalue weighted by molar-refractivity contribution is 5.89. The second-order valence-electron chi connectivity index (χ2n) is 4.29. The quantitative estimate of drug-likeness (QED) is 0.694.